The van der Waals surface area contributed by atoms with Crippen molar-refractivity contribution >= 4 is 17.3 Å². The molecule has 1 fully saturated rings. The number of thiophene rings is 1. The number of aliphatic imine (C=N–C) groups is 1. The van der Waals surface area contributed by atoms with Crippen LogP contribution in [0.5, 0.6) is 5.75 Å². The number of rotatable bonds is 7. The molecule has 1 aromatic carbocycles. The highest BCUT2D eigenvalue weighted by Gasteiger charge is 2.19. The highest BCUT2D eigenvalue weighted by Crippen LogP contribution is 2.24. The molecule has 2 heterocycles. The molecule has 0 spiro atoms. The lowest BCUT2D eigenvalue weighted by molar-refractivity contribution is 0.140. The number of hydrogen-bond donors (Lipinski definition) is 2. The number of guanidine groups is 1. The SMILES string of the molecule is CN=C(NCc1ccc(C)cc1OC1CCOC1)NCC(C)c1cccs1. The Morgan fingerprint density at radius 1 is 1.37 bits per heavy atom. The van der Waals surface area contributed by atoms with Crippen LogP contribution in [0.2, 0.25) is 0 Å². The molecule has 2 aromatic rings. The Hall–Kier alpha value is -2.05. The van der Waals surface area contributed by atoms with Gasteiger partial charge in [0.15, 0.2) is 5.96 Å². The summed E-state index contributed by atoms with van der Waals surface area (Å²) < 4.78 is 11.6. The second-order valence-electron chi connectivity index (χ2n) is 6.94. The van der Waals surface area contributed by atoms with Crippen molar-refractivity contribution < 1.29 is 9.47 Å². The maximum atomic E-state index is 6.18. The minimum atomic E-state index is 0.148. The van der Waals surface area contributed by atoms with Crippen LogP contribution in [0.25, 0.3) is 0 Å². The van der Waals surface area contributed by atoms with E-state index in [9.17, 15) is 0 Å². The second kappa shape index (κ2) is 9.76. The fraction of sp³-hybridized carbons (Fsp3) is 0.476. The third-order valence-electron chi connectivity index (χ3n) is 4.68. The lowest BCUT2D eigenvalue weighted by Gasteiger charge is -2.18. The highest BCUT2D eigenvalue weighted by molar-refractivity contribution is 7.10. The van der Waals surface area contributed by atoms with E-state index in [2.05, 4.69) is 65.2 Å². The number of ether oxygens (including phenoxy) is 2. The van der Waals surface area contributed by atoms with Crippen molar-refractivity contribution in [3.8, 4) is 5.75 Å². The van der Waals surface area contributed by atoms with Crippen LogP contribution >= 0.6 is 11.3 Å². The average Bonchev–Trinajstić information content (AvgIpc) is 3.37. The van der Waals surface area contributed by atoms with Crippen LogP contribution in [0.3, 0.4) is 0 Å². The van der Waals surface area contributed by atoms with E-state index in [-0.39, 0.29) is 6.10 Å². The summed E-state index contributed by atoms with van der Waals surface area (Å²) in [7, 11) is 1.80. The van der Waals surface area contributed by atoms with Crippen LogP contribution in [-0.4, -0.2) is 38.9 Å². The number of aryl methyl sites for hydroxylation is 1. The van der Waals surface area contributed by atoms with Crippen molar-refractivity contribution in [2.75, 3.05) is 26.8 Å². The predicted octanol–water partition coefficient (Wildman–Crippen LogP) is 3.69. The van der Waals surface area contributed by atoms with Crippen molar-refractivity contribution in [3.63, 3.8) is 0 Å². The molecule has 1 aliphatic heterocycles. The zero-order valence-corrected chi connectivity index (χ0v) is 17.1. The summed E-state index contributed by atoms with van der Waals surface area (Å²) in [5.41, 5.74) is 2.32. The van der Waals surface area contributed by atoms with Crippen molar-refractivity contribution in [1.82, 2.24) is 10.6 Å². The van der Waals surface area contributed by atoms with E-state index in [0.717, 1.165) is 36.8 Å². The lowest BCUT2D eigenvalue weighted by atomic mass is 10.1. The molecule has 2 unspecified atom stereocenters. The van der Waals surface area contributed by atoms with Crippen LogP contribution in [0.1, 0.15) is 35.3 Å². The monoisotopic (exact) mass is 387 g/mol. The molecule has 2 N–H and O–H groups in total. The third-order valence-corrected chi connectivity index (χ3v) is 5.78. The van der Waals surface area contributed by atoms with Crippen LogP contribution in [0.15, 0.2) is 40.7 Å². The predicted molar refractivity (Wildman–Crippen MR) is 112 cm³/mol. The van der Waals surface area contributed by atoms with Gasteiger partial charge in [-0.1, -0.05) is 25.1 Å². The van der Waals surface area contributed by atoms with Gasteiger partial charge in [0.2, 0.25) is 0 Å². The van der Waals surface area contributed by atoms with Crippen molar-refractivity contribution in [3.05, 3.63) is 51.7 Å². The Balaban J connectivity index is 1.55. The van der Waals surface area contributed by atoms with Gasteiger partial charge in [0.1, 0.15) is 11.9 Å². The molecule has 5 nitrogen and oxygen atoms in total. The first kappa shape index (κ1) is 19.7. The van der Waals surface area contributed by atoms with E-state index in [1.54, 1.807) is 18.4 Å². The molecular weight excluding hydrogens is 358 g/mol. The summed E-state index contributed by atoms with van der Waals surface area (Å²) in [6, 6.07) is 10.6. The molecular formula is C21H29N3O2S. The lowest BCUT2D eigenvalue weighted by Crippen LogP contribution is -2.38. The Bertz CT molecular complexity index is 740. The molecule has 146 valence electrons. The van der Waals surface area contributed by atoms with Crippen LogP contribution < -0.4 is 15.4 Å². The van der Waals surface area contributed by atoms with Crippen molar-refractivity contribution in [2.24, 2.45) is 4.99 Å². The zero-order valence-electron chi connectivity index (χ0n) is 16.3. The number of nitrogens with zero attached hydrogens (tertiary/aromatic N) is 1. The van der Waals surface area contributed by atoms with Crippen LogP contribution in [-0.2, 0) is 11.3 Å². The summed E-state index contributed by atoms with van der Waals surface area (Å²) in [5, 5.41) is 8.94. The van der Waals surface area contributed by atoms with E-state index in [1.165, 1.54) is 10.4 Å². The molecule has 3 rings (SSSR count). The van der Waals surface area contributed by atoms with Gasteiger partial charge in [-0.3, -0.25) is 4.99 Å². The fourth-order valence-corrected chi connectivity index (χ4v) is 3.81. The molecule has 0 amide bonds. The number of nitrogens with one attached hydrogen (secondary N) is 2. The second-order valence-corrected chi connectivity index (χ2v) is 7.92. The molecule has 2 atom stereocenters. The van der Waals surface area contributed by atoms with Gasteiger partial charge in [-0.15, -0.1) is 11.3 Å². The Kier molecular flexibility index (Phi) is 7.12. The Morgan fingerprint density at radius 2 is 2.26 bits per heavy atom. The average molecular weight is 388 g/mol. The molecule has 0 saturated carbocycles. The molecule has 6 heteroatoms. The number of hydrogen-bond acceptors (Lipinski definition) is 4. The maximum Gasteiger partial charge on any atom is 0.191 e. The Morgan fingerprint density at radius 3 is 2.96 bits per heavy atom. The smallest absolute Gasteiger partial charge is 0.191 e. The normalized spacial score (nSPS) is 18.3. The standard InChI is InChI=1S/C21H29N3O2S/c1-15-6-7-17(19(11-15)26-18-8-9-25-14-18)13-24-21(22-3)23-12-16(2)20-5-4-10-27-20/h4-7,10-11,16,18H,8-9,12-14H2,1-3H3,(H2,22,23,24). The molecule has 0 radical (unpaired) electrons. The van der Waals surface area contributed by atoms with Gasteiger partial charge in [0.05, 0.1) is 13.2 Å². The first-order valence-electron chi connectivity index (χ1n) is 9.47. The molecule has 1 saturated heterocycles. The minimum absolute atomic E-state index is 0.148. The van der Waals surface area contributed by atoms with Gasteiger partial charge in [0, 0.05) is 42.9 Å². The van der Waals surface area contributed by atoms with Gasteiger partial charge in [0.25, 0.3) is 0 Å². The quantitative estimate of drug-likeness (QED) is 0.562. The van der Waals surface area contributed by atoms with Gasteiger partial charge in [-0.25, -0.2) is 0 Å². The van der Waals surface area contributed by atoms with Crippen molar-refractivity contribution in [1.29, 1.82) is 0 Å². The molecule has 0 aliphatic carbocycles. The molecule has 27 heavy (non-hydrogen) atoms. The van der Waals surface area contributed by atoms with E-state index in [1.807, 2.05) is 0 Å². The fourth-order valence-electron chi connectivity index (χ4n) is 3.02. The maximum absolute atomic E-state index is 6.18. The molecule has 1 aliphatic rings. The molecule has 0 bridgehead atoms. The minimum Gasteiger partial charge on any atom is -0.488 e. The van der Waals surface area contributed by atoms with Gasteiger partial charge < -0.3 is 20.1 Å². The largest absolute Gasteiger partial charge is 0.488 e. The first-order chi connectivity index (χ1) is 13.2. The Labute approximate surface area is 165 Å². The van der Waals surface area contributed by atoms with Crippen LogP contribution in [0.4, 0.5) is 0 Å². The van der Waals surface area contributed by atoms with Gasteiger partial charge in [-0.2, -0.15) is 0 Å². The van der Waals surface area contributed by atoms with E-state index in [0.29, 0.717) is 19.1 Å². The van der Waals surface area contributed by atoms with Crippen LogP contribution in [0, 0.1) is 6.92 Å². The highest BCUT2D eigenvalue weighted by atomic mass is 32.1. The van der Waals surface area contributed by atoms with Crippen molar-refractivity contribution in [2.45, 2.75) is 38.8 Å². The van der Waals surface area contributed by atoms with Gasteiger partial charge in [-0.05, 0) is 30.0 Å². The van der Waals surface area contributed by atoms with E-state index < -0.39 is 0 Å². The summed E-state index contributed by atoms with van der Waals surface area (Å²) in [4.78, 5) is 5.72. The topological polar surface area (TPSA) is 54.9 Å². The van der Waals surface area contributed by atoms with E-state index in [4.69, 9.17) is 9.47 Å². The first-order valence-corrected chi connectivity index (χ1v) is 10.4. The molecule has 1 aromatic heterocycles. The number of benzene rings is 1. The third kappa shape index (κ3) is 5.71. The summed E-state index contributed by atoms with van der Waals surface area (Å²) in [6.45, 7) is 7.27. The van der Waals surface area contributed by atoms with E-state index >= 15 is 0 Å². The zero-order chi connectivity index (χ0) is 19.1. The van der Waals surface area contributed by atoms with Gasteiger partial charge >= 0.3 is 0 Å². The summed E-state index contributed by atoms with van der Waals surface area (Å²) in [6.07, 6.45) is 1.10. The summed E-state index contributed by atoms with van der Waals surface area (Å²) in [5.74, 6) is 2.18. The summed E-state index contributed by atoms with van der Waals surface area (Å²) >= 11 is 1.79.